The smallest absolute Gasteiger partial charge is 0.238 e. The van der Waals surface area contributed by atoms with Crippen LogP contribution in [-0.2, 0) is 19.2 Å². The van der Waals surface area contributed by atoms with Crippen LogP contribution < -0.4 is 4.90 Å². The average molecular weight is 609 g/mol. The van der Waals surface area contributed by atoms with Crippen molar-refractivity contribution in [2.24, 2.45) is 17.8 Å². The van der Waals surface area contributed by atoms with Gasteiger partial charge in [0.2, 0.25) is 11.8 Å². The molecule has 0 aromatic heterocycles. The highest BCUT2D eigenvalue weighted by Crippen LogP contribution is 2.55. The molecule has 37 heavy (non-hydrogen) atoms. The summed E-state index contributed by atoms with van der Waals surface area (Å²) in [6.07, 6.45) is 3.66. The second-order valence-electron chi connectivity index (χ2n) is 9.93. The van der Waals surface area contributed by atoms with Crippen molar-refractivity contribution in [2.45, 2.75) is 25.7 Å². The van der Waals surface area contributed by atoms with Crippen molar-refractivity contribution in [3.63, 3.8) is 0 Å². The zero-order valence-electron chi connectivity index (χ0n) is 19.7. The SMILES string of the molecule is CC1=CC(=O)C2=C(C1=O)C(c1ccc(O)c(F)c1)C1=CCC3C(=O)N(c4ccc(I)cc4)C(=O)C3C1C2. The summed E-state index contributed by atoms with van der Waals surface area (Å²) >= 11 is 2.15. The number of nitrogens with zero attached hydrogens (tertiary/aromatic N) is 1. The van der Waals surface area contributed by atoms with E-state index in [-0.39, 0.29) is 29.8 Å². The van der Waals surface area contributed by atoms with Crippen LogP contribution in [0.5, 0.6) is 5.75 Å². The number of amides is 2. The van der Waals surface area contributed by atoms with Crippen molar-refractivity contribution in [1.82, 2.24) is 0 Å². The third-order valence-corrected chi connectivity index (χ3v) is 8.67. The number of phenols is 1. The molecule has 4 aliphatic rings. The van der Waals surface area contributed by atoms with E-state index in [1.54, 1.807) is 19.1 Å². The summed E-state index contributed by atoms with van der Waals surface area (Å²) in [5.74, 6) is -5.06. The van der Waals surface area contributed by atoms with Crippen LogP contribution in [0.2, 0.25) is 0 Å². The maximum absolute atomic E-state index is 14.5. The molecule has 0 bridgehead atoms. The van der Waals surface area contributed by atoms with Gasteiger partial charge in [-0.25, -0.2) is 4.39 Å². The fourth-order valence-electron chi connectivity index (χ4n) is 6.29. The first-order chi connectivity index (χ1) is 17.7. The standard InChI is InChI=1S/C29H21FINO5/c1-13-10-23(34)20-12-19-17(24(26(20)27(13)35)14-2-9-22(33)21(30)11-14)7-8-18-25(19)29(37)32(28(18)36)16-5-3-15(31)4-6-16/h2-7,9-11,18-19,24-25,33H,8,12H2,1H3. The molecule has 1 heterocycles. The summed E-state index contributed by atoms with van der Waals surface area (Å²) in [5, 5.41) is 9.76. The lowest BCUT2D eigenvalue weighted by Crippen LogP contribution is -2.39. The first-order valence-corrected chi connectivity index (χ1v) is 13.1. The van der Waals surface area contributed by atoms with Gasteiger partial charge in [0.15, 0.2) is 23.1 Å². The summed E-state index contributed by atoms with van der Waals surface area (Å²) in [5.41, 5.74) is 2.57. The minimum absolute atomic E-state index is 0.160. The van der Waals surface area contributed by atoms with Crippen molar-refractivity contribution >= 4 is 51.7 Å². The lowest BCUT2D eigenvalue weighted by molar-refractivity contribution is -0.123. The largest absolute Gasteiger partial charge is 0.505 e. The lowest BCUT2D eigenvalue weighted by atomic mass is 9.59. The fraction of sp³-hybridized carbons (Fsp3) is 0.241. The van der Waals surface area contributed by atoms with Gasteiger partial charge in [-0.05, 0) is 96.3 Å². The molecule has 1 saturated heterocycles. The normalized spacial score (nSPS) is 27.1. The van der Waals surface area contributed by atoms with E-state index in [9.17, 15) is 28.7 Å². The number of allylic oxidation sites excluding steroid dienone is 6. The number of anilines is 1. The Labute approximate surface area is 225 Å². The van der Waals surface area contributed by atoms with E-state index in [0.29, 0.717) is 34.4 Å². The molecule has 1 aliphatic heterocycles. The Bertz CT molecular complexity index is 1520. The molecule has 4 unspecified atom stereocenters. The van der Waals surface area contributed by atoms with E-state index < -0.39 is 35.2 Å². The van der Waals surface area contributed by atoms with E-state index in [0.717, 1.165) is 9.14 Å². The Morgan fingerprint density at radius 3 is 2.43 bits per heavy atom. The summed E-state index contributed by atoms with van der Waals surface area (Å²) in [4.78, 5) is 54.9. The van der Waals surface area contributed by atoms with Gasteiger partial charge in [0.1, 0.15) is 0 Å². The number of carbonyl (C=O) groups excluding carboxylic acids is 4. The maximum atomic E-state index is 14.5. The highest BCUT2D eigenvalue weighted by Gasteiger charge is 2.56. The monoisotopic (exact) mass is 609 g/mol. The molecule has 4 atom stereocenters. The quantitative estimate of drug-likeness (QED) is 0.229. The molecule has 0 saturated carbocycles. The number of ketones is 2. The summed E-state index contributed by atoms with van der Waals surface area (Å²) in [7, 11) is 0. The van der Waals surface area contributed by atoms with Crippen molar-refractivity contribution in [3.8, 4) is 5.75 Å². The second kappa shape index (κ2) is 8.58. The van der Waals surface area contributed by atoms with Crippen LogP contribution in [0.4, 0.5) is 10.1 Å². The maximum Gasteiger partial charge on any atom is 0.238 e. The van der Waals surface area contributed by atoms with Crippen molar-refractivity contribution in [2.75, 3.05) is 4.90 Å². The van der Waals surface area contributed by atoms with Gasteiger partial charge in [0.05, 0.1) is 17.5 Å². The topological polar surface area (TPSA) is 91.8 Å². The predicted molar refractivity (Wildman–Crippen MR) is 141 cm³/mol. The van der Waals surface area contributed by atoms with Gasteiger partial charge in [-0.2, -0.15) is 0 Å². The van der Waals surface area contributed by atoms with Gasteiger partial charge in [0, 0.05) is 26.2 Å². The first kappa shape index (κ1) is 24.0. The van der Waals surface area contributed by atoms with Gasteiger partial charge < -0.3 is 5.11 Å². The molecule has 2 amide bonds. The molecule has 2 aromatic carbocycles. The van der Waals surface area contributed by atoms with Crippen LogP contribution in [0.25, 0.3) is 0 Å². The Morgan fingerprint density at radius 2 is 1.73 bits per heavy atom. The number of benzene rings is 2. The van der Waals surface area contributed by atoms with Crippen LogP contribution in [0, 0.1) is 27.1 Å². The molecule has 0 spiro atoms. The lowest BCUT2D eigenvalue weighted by Gasteiger charge is -2.42. The molecule has 186 valence electrons. The molecule has 6 nitrogen and oxygen atoms in total. The van der Waals surface area contributed by atoms with Crippen LogP contribution in [0.3, 0.4) is 0 Å². The van der Waals surface area contributed by atoms with Crippen LogP contribution in [0.1, 0.15) is 31.2 Å². The van der Waals surface area contributed by atoms with Crippen LogP contribution >= 0.6 is 22.6 Å². The molecule has 1 N–H and O–H groups in total. The van der Waals surface area contributed by atoms with Gasteiger partial charge in [-0.1, -0.05) is 17.7 Å². The van der Waals surface area contributed by atoms with E-state index in [1.165, 1.54) is 29.2 Å². The minimum atomic E-state index is -0.838. The van der Waals surface area contributed by atoms with Crippen LogP contribution in [-0.4, -0.2) is 28.5 Å². The van der Waals surface area contributed by atoms with Crippen molar-refractivity contribution < 1.29 is 28.7 Å². The number of imide groups is 1. The van der Waals surface area contributed by atoms with Crippen molar-refractivity contribution in [3.05, 3.63) is 91.9 Å². The number of hydrogen-bond donors (Lipinski definition) is 1. The molecule has 3 aliphatic carbocycles. The number of Topliss-reactive ketones (excluding diaryl/α,β-unsaturated/α-hetero) is 1. The van der Waals surface area contributed by atoms with Gasteiger partial charge >= 0.3 is 0 Å². The average Bonchev–Trinajstić information content (AvgIpc) is 3.13. The van der Waals surface area contributed by atoms with E-state index >= 15 is 0 Å². The highest BCUT2D eigenvalue weighted by molar-refractivity contribution is 14.1. The first-order valence-electron chi connectivity index (χ1n) is 12.0. The Kier molecular flexibility index (Phi) is 5.56. The Balaban J connectivity index is 1.49. The molecule has 8 heteroatoms. The molecular formula is C29H21FINO5. The van der Waals surface area contributed by atoms with E-state index in [2.05, 4.69) is 22.6 Å². The third-order valence-electron chi connectivity index (χ3n) is 7.95. The Hall–Kier alpha value is -3.40. The number of fused-ring (bicyclic) bond motifs is 3. The molecule has 2 aromatic rings. The van der Waals surface area contributed by atoms with Gasteiger partial charge in [-0.15, -0.1) is 0 Å². The molecule has 0 radical (unpaired) electrons. The number of phenolic OH excluding ortho intramolecular Hbond substituents is 1. The fourth-order valence-corrected chi connectivity index (χ4v) is 6.65. The number of rotatable bonds is 2. The van der Waals surface area contributed by atoms with Gasteiger partial charge in [0.25, 0.3) is 0 Å². The molecule has 6 rings (SSSR count). The van der Waals surface area contributed by atoms with E-state index in [4.69, 9.17) is 0 Å². The third kappa shape index (κ3) is 3.56. The highest BCUT2D eigenvalue weighted by atomic mass is 127. The van der Waals surface area contributed by atoms with Crippen LogP contribution in [0.15, 0.2) is 76.9 Å². The van der Waals surface area contributed by atoms with Crippen molar-refractivity contribution in [1.29, 1.82) is 0 Å². The van der Waals surface area contributed by atoms with Gasteiger partial charge in [-0.3, -0.25) is 24.1 Å². The summed E-state index contributed by atoms with van der Waals surface area (Å²) in [6.45, 7) is 1.58. The van der Waals surface area contributed by atoms with E-state index in [1.807, 2.05) is 18.2 Å². The molecular weight excluding hydrogens is 588 g/mol. The Morgan fingerprint density at radius 1 is 1.00 bits per heavy atom. The zero-order chi connectivity index (χ0) is 26.2. The number of hydrogen-bond acceptors (Lipinski definition) is 5. The number of carbonyl (C=O) groups is 4. The second-order valence-corrected chi connectivity index (χ2v) is 11.2. The zero-order valence-corrected chi connectivity index (χ0v) is 21.9. The number of aromatic hydroxyl groups is 1. The molecule has 1 fully saturated rings. The number of halogens is 2. The summed E-state index contributed by atoms with van der Waals surface area (Å²) < 4.78 is 15.4. The summed E-state index contributed by atoms with van der Waals surface area (Å²) in [6, 6.07) is 11.1. The predicted octanol–water partition coefficient (Wildman–Crippen LogP) is 4.77. The minimum Gasteiger partial charge on any atom is -0.505 e.